The molecule has 1 atom stereocenters. The van der Waals surface area contributed by atoms with Crippen molar-refractivity contribution in [1.82, 2.24) is 5.32 Å². The number of nitrogens with one attached hydrogen (secondary N) is 2. The largest absolute Gasteiger partial charge is 0.492 e. The number of hydrogen-bond donors (Lipinski definition) is 2. The second-order valence-corrected chi connectivity index (χ2v) is 6.99. The molecule has 11 heteroatoms. The third kappa shape index (κ3) is 5.13. The maximum absolute atomic E-state index is 13.7. The molecule has 2 aromatic carbocycles. The molecule has 1 heterocycles. The number of fused-ring (bicyclic) bond motifs is 1. The molecule has 0 fully saturated rings. The second kappa shape index (κ2) is 8.93. The van der Waals surface area contributed by atoms with Crippen molar-refractivity contribution in [2.75, 3.05) is 11.9 Å². The lowest BCUT2D eigenvalue weighted by Crippen LogP contribution is -2.65. The highest BCUT2D eigenvalue weighted by Gasteiger charge is 2.65. The van der Waals surface area contributed by atoms with Crippen LogP contribution in [0.25, 0.3) is 0 Å². The van der Waals surface area contributed by atoms with Crippen LogP contribution in [0.4, 0.5) is 23.7 Å². The molecule has 0 aromatic heterocycles. The van der Waals surface area contributed by atoms with Gasteiger partial charge in [-0.25, -0.2) is 9.59 Å². The predicted molar refractivity (Wildman–Crippen MR) is 105 cm³/mol. The van der Waals surface area contributed by atoms with Gasteiger partial charge in [0.05, 0.1) is 12.2 Å². The van der Waals surface area contributed by atoms with Crippen LogP contribution in [0.15, 0.2) is 42.5 Å². The van der Waals surface area contributed by atoms with Crippen molar-refractivity contribution in [3.63, 3.8) is 0 Å². The first-order valence-corrected chi connectivity index (χ1v) is 9.62. The summed E-state index contributed by atoms with van der Waals surface area (Å²) in [4.78, 5) is 24.1. The lowest BCUT2D eigenvalue weighted by Gasteiger charge is -2.29. The minimum absolute atomic E-state index is 0.137. The number of urea groups is 1. The number of hydrogen-bond acceptors (Lipinski definition) is 5. The van der Waals surface area contributed by atoms with E-state index in [-0.39, 0.29) is 34.4 Å². The quantitative estimate of drug-likeness (QED) is 0.464. The second-order valence-electron chi connectivity index (χ2n) is 6.56. The summed E-state index contributed by atoms with van der Waals surface area (Å²) < 4.78 is 55.8. The average Bonchev–Trinajstić information content (AvgIpc) is 3.07. The third-order valence-electron chi connectivity index (χ3n) is 4.17. The Kier molecular flexibility index (Phi) is 6.49. The lowest BCUT2D eigenvalue weighted by atomic mass is 10.2. The van der Waals surface area contributed by atoms with E-state index < -0.39 is 24.1 Å². The van der Waals surface area contributed by atoms with Crippen LogP contribution in [0.1, 0.15) is 30.1 Å². The molecule has 0 saturated heterocycles. The van der Waals surface area contributed by atoms with Crippen LogP contribution in [-0.4, -0.2) is 30.7 Å². The molecule has 1 unspecified atom stereocenters. The van der Waals surface area contributed by atoms with E-state index in [9.17, 15) is 22.8 Å². The number of carbonyl (C=O) groups is 2. The fourth-order valence-electron chi connectivity index (χ4n) is 2.61. The third-order valence-corrected chi connectivity index (χ3v) is 4.41. The fourth-order valence-corrected chi connectivity index (χ4v) is 2.77. The van der Waals surface area contributed by atoms with Crippen LogP contribution in [0.5, 0.6) is 11.5 Å². The Hall–Kier alpha value is -3.14. The van der Waals surface area contributed by atoms with Gasteiger partial charge in [0, 0.05) is 16.8 Å². The van der Waals surface area contributed by atoms with Crippen molar-refractivity contribution in [2.24, 2.45) is 0 Å². The summed E-state index contributed by atoms with van der Waals surface area (Å²) in [6, 6.07) is 7.88. The molecule has 0 aliphatic carbocycles. The normalized spacial score (nSPS) is 17.2. The van der Waals surface area contributed by atoms with Gasteiger partial charge in [0.2, 0.25) is 0 Å². The Morgan fingerprint density at radius 3 is 2.42 bits per heavy atom. The number of unbranched alkanes of at least 4 members (excludes halogenated alkanes) is 1. The molecule has 2 aromatic rings. The average molecular weight is 459 g/mol. The molecule has 31 heavy (non-hydrogen) atoms. The van der Waals surface area contributed by atoms with Gasteiger partial charge in [-0.1, -0.05) is 24.9 Å². The summed E-state index contributed by atoms with van der Waals surface area (Å²) >= 11 is 5.76. The number of esters is 1. The molecule has 2 N–H and O–H groups in total. The van der Waals surface area contributed by atoms with E-state index in [4.69, 9.17) is 25.8 Å². The number of anilines is 1. The Morgan fingerprint density at radius 2 is 1.77 bits per heavy atom. The van der Waals surface area contributed by atoms with Gasteiger partial charge in [0.15, 0.2) is 11.5 Å². The highest BCUT2D eigenvalue weighted by molar-refractivity contribution is 6.30. The SMILES string of the molecule is CCCCOC(=O)c1ccc(NC(=O)NC2(C(F)(F)F)Oc3ccc(Cl)cc3O2)cc1. The molecule has 1 aliphatic heterocycles. The van der Waals surface area contributed by atoms with Gasteiger partial charge in [-0.15, -0.1) is 0 Å². The summed E-state index contributed by atoms with van der Waals surface area (Å²) in [5, 5.41) is 4.04. The highest BCUT2D eigenvalue weighted by atomic mass is 35.5. The molecular weight excluding hydrogens is 441 g/mol. The van der Waals surface area contributed by atoms with Crippen LogP contribution in [0, 0.1) is 0 Å². The van der Waals surface area contributed by atoms with Crippen molar-refractivity contribution >= 4 is 29.3 Å². The zero-order valence-electron chi connectivity index (χ0n) is 16.2. The van der Waals surface area contributed by atoms with Crippen LogP contribution in [0.2, 0.25) is 5.02 Å². The topological polar surface area (TPSA) is 85.9 Å². The number of halogens is 4. The van der Waals surface area contributed by atoms with Crippen LogP contribution in [0.3, 0.4) is 0 Å². The smallest absolute Gasteiger partial charge is 0.462 e. The fraction of sp³-hybridized carbons (Fsp3) is 0.300. The maximum Gasteiger partial charge on any atom is 0.492 e. The van der Waals surface area contributed by atoms with E-state index in [1.54, 1.807) is 5.32 Å². The number of carbonyl (C=O) groups excluding carboxylic acids is 2. The standard InChI is InChI=1S/C20H18ClF3N2O5/c1-2-3-10-29-17(27)12-4-7-14(8-5-12)25-18(28)26-20(19(22,23)24)30-15-9-6-13(21)11-16(15)31-20/h4-9,11H,2-3,10H2,1H3,(H2,25,26,28). The van der Waals surface area contributed by atoms with E-state index in [1.165, 1.54) is 36.4 Å². The minimum atomic E-state index is -5.11. The van der Waals surface area contributed by atoms with Gasteiger partial charge in [-0.2, -0.15) is 13.2 Å². The Morgan fingerprint density at radius 1 is 1.10 bits per heavy atom. The molecule has 0 saturated carbocycles. The van der Waals surface area contributed by atoms with Gasteiger partial charge < -0.3 is 19.5 Å². The first kappa shape index (κ1) is 22.5. The molecule has 7 nitrogen and oxygen atoms in total. The van der Waals surface area contributed by atoms with E-state index in [0.717, 1.165) is 18.9 Å². The van der Waals surface area contributed by atoms with E-state index >= 15 is 0 Å². The maximum atomic E-state index is 13.7. The summed E-state index contributed by atoms with van der Waals surface area (Å²) in [6.45, 7) is 2.24. The monoisotopic (exact) mass is 458 g/mol. The lowest BCUT2D eigenvalue weighted by molar-refractivity contribution is -0.317. The van der Waals surface area contributed by atoms with E-state index in [0.29, 0.717) is 0 Å². The first-order chi connectivity index (χ1) is 14.6. The number of benzene rings is 2. The Bertz CT molecular complexity index is 968. The molecule has 0 bridgehead atoms. The van der Waals surface area contributed by atoms with Gasteiger partial charge in [-0.3, -0.25) is 5.32 Å². The summed E-state index contributed by atoms with van der Waals surface area (Å²) in [5.74, 6) is -4.46. The molecule has 3 rings (SSSR count). The van der Waals surface area contributed by atoms with Gasteiger partial charge in [0.1, 0.15) is 0 Å². The molecule has 1 aliphatic rings. The zero-order valence-corrected chi connectivity index (χ0v) is 17.0. The van der Waals surface area contributed by atoms with Gasteiger partial charge in [0.25, 0.3) is 0 Å². The van der Waals surface area contributed by atoms with Crippen LogP contribution in [-0.2, 0) is 4.74 Å². The molecule has 166 valence electrons. The highest BCUT2D eigenvalue weighted by Crippen LogP contribution is 2.46. The summed E-state index contributed by atoms with van der Waals surface area (Å²) in [5.41, 5.74) is 0.377. The van der Waals surface area contributed by atoms with Crippen molar-refractivity contribution in [2.45, 2.75) is 31.9 Å². The molecular formula is C20H18ClF3N2O5. The van der Waals surface area contributed by atoms with Crippen molar-refractivity contribution < 1.29 is 37.0 Å². The number of rotatable bonds is 6. The summed E-state index contributed by atoms with van der Waals surface area (Å²) in [7, 11) is 0. The van der Waals surface area contributed by atoms with Crippen molar-refractivity contribution in [1.29, 1.82) is 0 Å². The van der Waals surface area contributed by atoms with E-state index in [2.05, 4.69) is 5.32 Å². The number of amides is 2. The molecule has 0 radical (unpaired) electrons. The van der Waals surface area contributed by atoms with Crippen LogP contribution < -0.4 is 20.1 Å². The summed E-state index contributed by atoms with van der Waals surface area (Å²) in [6.07, 6.45) is -3.51. The van der Waals surface area contributed by atoms with Gasteiger partial charge in [-0.05, 0) is 42.8 Å². The van der Waals surface area contributed by atoms with Crippen molar-refractivity contribution in [3.05, 3.63) is 53.1 Å². The molecule has 0 spiro atoms. The first-order valence-electron chi connectivity index (χ1n) is 9.24. The Labute approximate surface area is 180 Å². The minimum Gasteiger partial charge on any atom is -0.462 e. The number of ether oxygens (including phenoxy) is 3. The van der Waals surface area contributed by atoms with Gasteiger partial charge >= 0.3 is 24.1 Å². The Balaban J connectivity index is 1.67. The van der Waals surface area contributed by atoms with E-state index in [1.807, 2.05) is 6.92 Å². The predicted octanol–water partition coefficient (Wildman–Crippen LogP) is 5.11. The zero-order chi connectivity index (χ0) is 22.6. The van der Waals surface area contributed by atoms with Crippen molar-refractivity contribution in [3.8, 4) is 11.5 Å². The molecule has 2 amide bonds. The number of alkyl halides is 3. The van der Waals surface area contributed by atoms with Crippen LogP contribution >= 0.6 is 11.6 Å².